The third kappa shape index (κ3) is 2.53. The first-order valence-electron chi connectivity index (χ1n) is 7.94. The summed E-state index contributed by atoms with van der Waals surface area (Å²) in [7, 11) is 0. The predicted octanol–water partition coefficient (Wildman–Crippen LogP) is 2.74. The number of nitrogens with zero attached hydrogens (tertiary/aromatic N) is 4. The summed E-state index contributed by atoms with van der Waals surface area (Å²) in [4.78, 5) is 15.2. The number of oxazole rings is 1. The molecule has 1 unspecified atom stereocenters. The van der Waals surface area contributed by atoms with E-state index in [0.717, 1.165) is 37.4 Å². The number of hydrogen-bond acceptors (Lipinski definition) is 6. The second-order valence-electron chi connectivity index (χ2n) is 6.16. The SMILES string of the molecule is Cc1coc(N2[C@@H]3CCC[C@H]2CC(Oc2ncccn2)C3)n1. The van der Waals surface area contributed by atoms with Crippen LogP contribution in [0.25, 0.3) is 0 Å². The van der Waals surface area contributed by atoms with Crippen LogP contribution in [-0.2, 0) is 0 Å². The van der Waals surface area contributed by atoms with Crippen molar-refractivity contribution >= 4 is 6.01 Å². The van der Waals surface area contributed by atoms with Gasteiger partial charge in [-0.1, -0.05) is 0 Å². The zero-order valence-corrected chi connectivity index (χ0v) is 12.7. The van der Waals surface area contributed by atoms with Crippen molar-refractivity contribution in [2.45, 2.75) is 57.2 Å². The highest BCUT2D eigenvalue weighted by Gasteiger charge is 2.41. The fourth-order valence-electron chi connectivity index (χ4n) is 3.70. The van der Waals surface area contributed by atoms with Gasteiger partial charge in [0.05, 0.1) is 5.69 Å². The third-order valence-electron chi connectivity index (χ3n) is 4.57. The lowest BCUT2D eigenvalue weighted by Gasteiger charge is -2.47. The number of piperidine rings is 2. The van der Waals surface area contributed by atoms with Crippen LogP contribution in [0.4, 0.5) is 6.01 Å². The summed E-state index contributed by atoms with van der Waals surface area (Å²) in [5, 5.41) is 0. The van der Waals surface area contributed by atoms with Crippen LogP contribution in [0.3, 0.4) is 0 Å². The van der Waals surface area contributed by atoms with Gasteiger partial charge in [-0.2, -0.15) is 4.98 Å². The lowest BCUT2D eigenvalue weighted by molar-refractivity contribution is 0.101. The number of anilines is 1. The van der Waals surface area contributed by atoms with Gasteiger partial charge >= 0.3 is 6.01 Å². The van der Waals surface area contributed by atoms with Crippen LogP contribution in [0.5, 0.6) is 6.01 Å². The van der Waals surface area contributed by atoms with Crippen molar-refractivity contribution in [3.63, 3.8) is 0 Å². The Bertz CT molecular complexity index is 616. The van der Waals surface area contributed by atoms with E-state index in [4.69, 9.17) is 9.15 Å². The molecule has 3 atom stereocenters. The molecule has 0 N–H and O–H groups in total. The molecule has 4 heterocycles. The van der Waals surface area contributed by atoms with Crippen molar-refractivity contribution in [3.05, 3.63) is 30.4 Å². The molecule has 2 fully saturated rings. The van der Waals surface area contributed by atoms with E-state index in [0.29, 0.717) is 18.1 Å². The largest absolute Gasteiger partial charge is 0.460 e. The maximum absolute atomic E-state index is 5.98. The topological polar surface area (TPSA) is 64.3 Å². The summed E-state index contributed by atoms with van der Waals surface area (Å²) in [6.07, 6.45) is 10.9. The van der Waals surface area contributed by atoms with Crippen LogP contribution in [-0.4, -0.2) is 33.1 Å². The van der Waals surface area contributed by atoms with Gasteiger partial charge in [-0.3, -0.25) is 0 Å². The molecule has 2 aliphatic heterocycles. The number of aromatic nitrogens is 3. The summed E-state index contributed by atoms with van der Waals surface area (Å²) >= 11 is 0. The molecule has 6 heteroatoms. The first-order chi connectivity index (χ1) is 10.8. The minimum Gasteiger partial charge on any atom is -0.460 e. The first-order valence-corrected chi connectivity index (χ1v) is 7.94. The summed E-state index contributed by atoms with van der Waals surface area (Å²) in [6.45, 7) is 1.96. The molecule has 2 aromatic rings. The standard InChI is InChI=1S/C16H20N4O2/c1-11-10-21-16(19-11)20-12-4-2-5-13(20)9-14(8-12)22-15-17-6-3-7-18-15/h3,6-7,10,12-14H,2,4-5,8-9H2,1H3/t12-,13+,14?. The van der Waals surface area contributed by atoms with Gasteiger partial charge in [0.2, 0.25) is 0 Å². The van der Waals surface area contributed by atoms with Gasteiger partial charge in [0.25, 0.3) is 6.01 Å². The van der Waals surface area contributed by atoms with E-state index in [2.05, 4.69) is 19.9 Å². The van der Waals surface area contributed by atoms with E-state index in [1.54, 1.807) is 24.7 Å². The van der Waals surface area contributed by atoms with Gasteiger partial charge in [-0.05, 0) is 32.3 Å². The zero-order valence-electron chi connectivity index (χ0n) is 12.7. The number of ether oxygens (including phenoxy) is 1. The highest BCUT2D eigenvalue weighted by Crippen LogP contribution is 2.38. The smallest absolute Gasteiger partial charge is 0.316 e. The van der Waals surface area contributed by atoms with E-state index in [1.165, 1.54) is 6.42 Å². The Kier molecular flexibility index (Phi) is 3.44. The predicted molar refractivity (Wildman–Crippen MR) is 80.8 cm³/mol. The Labute approximate surface area is 129 Å². The molecule has 116 valence electrons. The van der Waals surface area contributed by atoms with Crippen LogP contribution in [0.2, 0.25) is 0 Å². The number of rotatable bonds is 3. The van der Waals surface area contributed by atoms with Gasteiger partial charge in [-0.15, -0.1) is 0 Å². The number of aryl methyl sites for hydroxylation is 1. The van der Waals surface area contributed by atoms with Crippen LogP contribution >= 0.6 is 0 Å². The van der Waals surface area contributed by atoms with E-state index in [9.17, 15) is 0 Å². The molecule has 0 aliphatic carbocycles. The summed E-state index contributed by atoms with van der Waals surface area (Å²) in [6, 6.07) is 3.90. The molecule has 0 amide bonds. The average Bonchev–Trinajstić information content (AvgIpc) is 2.94. The molecule has 0 radical (unpaired) electrons. The van der Waals surface area contributed by atoms with Gasteiger partial charge in [0.1, 0.15) is 12.4 Å². The zero-order chi connectivity index (χ0) is 14.9. The molecule has 2 bridgehead atoms. The molecule has 22 heavy (non-hydrogen) atoms. The van der Waals surface area contributed by atoms with E-state index in [-0.39, 0.29) is 6.10 Å². The van der Waals surface area contributed by atoms with Crippen molar-refractivity contribution in [2.75, 3.05) is 4.90 Å². The molecule has 0 spiro atoms. The minimum atomic E-state index is 0.171. The Morgan fingerprint density at radius 2 is 1.91 bits per heavy atom. The van der Waals surface area contributed by atoms with Crippen LogP contribution < -0.4 is 9.64 Å². The molecule has 6 nitrogen and oxygen atoms in total. The summed E-state index contributed by atoms with van der Waals surface area (Å²) in [5.74, 6) is 0. The molecule has 2 saturated heterocycles. The third-order valence-corrected chi connectivity index (χ3v) is 4.57. The van der Waals surface area contributed by atoms with Crippen LogP contribution in [0.15, 0.2) is 29.1 Å². The fraction of sp³-hybridized carbons (Fsp3) is 0.562. The first kappa shape index (κ1) is 13.5. The highest BCUT2D eigenvalue weighted by molar-refractivity contribution is 5.34. The molecular weight excluding hydrogens is 280 g/mol. The molecule has 0 aromatic carbocycles. The highest BCUT2D eigenvalue weighted by atomic mass is 16.5. The van der Waals surface area contributed by atoms with Gasteiger partial charge in [0, 0.05) is 37.3 Å². The molecular formula is C16H20N4O2. The second-order valence-corrected chi connectivity index (χ2v) is 6.16. The Hall–Kier alpha value is -2.11. The Morgan fingerprint density at radius 1 is 1.18 bits per heavy atom. The van der Waals surface area contributed by atoms with Crippen LogP contribution in [0.1, 0.15) is 37.8 Å². The summed E-state index contributed by atoms with van der Waals surface area (Å²) < 4.78 is 11.6. The monoisotopic (exact) mass is 300 g/mol. The van der Waals surface area contributed by atoms with Crippen molar-refractivity contribution in [1.29, 1.82) is 0 Å². The molecule has 2 aliphatic rings. The van der Waals surface area contributed by atoms with E-state index < -0.39 is 0 Å². The fourth-order valence-corrected chi connectivity index (χ4v) is 3.70. The summed E-state index contributed by atoms with van der Waals surface area (Å²) in [5.41, 5.74) is 0.934. The molecule has 0 saturated carbocycles. The van der Waals surface area contributed by atoms with Crippen molar-refractivity contribution in [2.24, 2.45) is 0 Å². The van der Waals surface area contributed by atoms with Crippen molar-refractivity contribution in [3.8, 4) is 6.01 Å². The molecule has 4 rings (SSSR count). The average molecular weight is 300 g/mol. The van der Waals surface area contributed by atoms with E-state index >= 15 is 0 Å². The maximum Gasteiger partial charge on any atom is 0.316 e. The normalized spacial score (nSPS) is 27.7. The lowest BCUT2D eigenvalue weighted by atomic mass is 9.83. The Morgan fingerprint density at radius 3 is 2.55 bits per heavy atom. The van der Waals surface area contributed by atoms with Gasteiger partial charge in [0.15, 0.2) is 0 Å². The maximum atomic E-state index is 5.98. The number of fused-ring (bicyclic) bond motifs is 2. The van der Waals surface area contributed by atoms with Crippen molar-refractivity contribution in [1.82, 2.24) is 15.0 Å². The second kappa shape index (κ2) is 5.59. The molecule has 2 aromatic heterocycles. The number of hydrogen-bond donors (Lipinski definition) is 0. The lowest BCUT2D eigenvalue weighted by Crippen LogP contribution is -2.55. The van der Waals surface area contributed by atoms with Gasteiger partial charge in [-0.25, -0.2) is 9.97 Å². The van der Waals surface area contributed by atoms with Crippen molar-refractivity contribution < 1.29 is 9.15 Å². The Balaban J connectivity index is 1.51. The minimum absolute atomic E-state index is 0.171. The van der Waals surface area contributed by atoms with E-state index in [1.807, 2.05) is 6.92 Å². The van der Waals surface area contributed by atoms with Gasteiger partial charge < -0.3 is 14.1 Å². The van der Waals surface area contributed by atoms with Crippen LogP contribution in [0, 0.1) is 6.92 Å². The quantitative estimate of drug-likeness (QED) is 0.868.